The normalized spacial score (nSPS) is 10.8. The van der Waals surface area contributed by atoms with Crippen molar-refractivity contribution < 1.29 is 0 Å². The van der Waals surface area contributed by atoms with Crippen LogP contribution in [-0.2, 0) is 7.05 Å². The number of hydrogen-bond donors (Lipinski definition) is 2. The fourth-order valence-electron chi connectivity index (χ4n) is 1.65. The maximum absolute atomic E-state index is 5.39. The van der Waals surface area contributed by atoms with Crippen LogP contribution in [0.5, 0.6) is 0 Å². The van der Waals surface area contributed by atoms with Gasteiger partial charge in [-0.05, 0) is 24.8 Å². The molecule has 0 radical (unpaired) electrons. The van der Waals surface area contributed by atoms with E-state index >= 15 is 0 Å². The van der Waals surface area contributed by atoms with Gasteiger partial charge in [-0.15, -0.1) is 0 Å². The first kappa shape index (κ1) is 13.5. The van der Waals surface area contributed by atoms with Crippen molar-refractivity contribution in [1.29, 1.82) is 0 Å². The SMILES string of the molecule is Cc1cc(Sc2nc(NN)nc(-n3cncn3)n2)n(C)n1. The number of aryl methyl sites for hydroxylation is 2. The summed E-state index contributed by atoms with van der Waals surface area (Å²) in [5.41, 5.74) is 3.33. The van der Waals surface area contributed by atoms with Gasteiger partial charge >= 0.3 is 0 Å². The molecule has 0 fully saturated rings. The average Bonchev–Trinajstić information content (AvgIpc) is 3.09. The van der Waals surface area contributed by atoms with Gasteiger partial charge in [0.15, 0.2) is 0 Å². The third kappa shape index (κ3) is 2.83. The van der Waals surface area contributed by atoms with Crippen LogP contribution in [0, 0.1) is 6.92 Å². The van der Waals surface area contributed by atoms with Crippen LogP contribution in [0.15, 0.2) is 28.9 Å². The van der Waals surface area contributed by atoms with Crippen molar-refractivity contribution in [2.45, 2.75) is 17.1 Å². The predicted molar refractivity (Wildman–Crippen MR) is 74.6 cm³/mol. The van der Waals surface area contributed by atoms with Gasteiger partial charge in [0.05, 0.1) is 5.69 Å². The van der Waals surface area contributed by atoms with Crippen LogP contribution in [0.2, 0.25) is 0 Å². The summed E-state index contributed by atoms with van der Waals surface area (Å²) < 4.78 is 3.19. The molecule has 3 N–H and O–H groups in total. The summed E-state index contributed by atoms with van der Waals surface area (Å²) in [6, 6.07) is 1.94. The Balaban J connectivity index is 1.98. The Bertz CT molecular complexity index is 749. The zero-order chi connectivity index (χ0) is 14.8. The minimum Gasteiger partial charge on any atom is -0.292 e. The number of aromatic nitrogens is 8. The van der Waals surface area contributed by atoms with Crippen molar-refractivity contribution in [2.24, 2.45) is 12.9 Å². The third-order valence-electron chi connectivity index (χ3n) is 2.51. The molecule has 3 heterocycles. The monoisotopic (exact) mass is 304 g/mol. The van der Waals surface area contributed by atoms with E-state index in [0.29, 0.717) is 11.1 Å². The topological polar surface area (TPSA) is 125 Å². The molecule has 0 aliphatic rings. The van der Waals surface area contributed by atoms with Gasteiger partial charge in [-0.1, -0.05) is 0 Å². The maximum atomic E-state index is 5.39. The zero-order valence-corrected chi connectivity index (χ0v) is 12.1. The number of nitrogen functional groups attached to an aromatic ring is 1. The highest BCUT2D eigenvalue weighted by molar-refractivity contribution is 7.99. The van der Waals surface area contributed by atoms with Gasteiger partial charge in [0.25, 0.3) is 5.95 Å². The van der Waals surface area contributed by atoms with Crippen molar-refractivity contribution in [1.82, 2.24) is 39.5 Å². The van der Waals surface area contributed by atoms with Crippen molar-refractivity contribution in [3.63, 3.8) is 0 Å². The molecule has 11 heteroatoms. The Hall–Kier alpha value is -2.53. The van der Waals surface area contributed by atoms with Crippen LogP contribution < -0.4 is 11.3 Å². The standard InChI is InChI=1S/C10H12N10S/c1-6-3-7(19(2)18-6)21-10-15-8(17-11)14-9(16-10)20-5-12-4-13-20/h3-5H,11H2,1-2H3,(H,14,15,16,17). The Morgan fingerprint density at radius 1 is 1.29 bits per heavy atom. The Kier molecular flexibility index (Phi) is 3.50. The van der Waals surface area contributed by atoms with Crippen molar-refractivity contribution >= 4 is 17.7 Å². The number of hydrazine groups is 1. The second-order valence-corrected chi connectivity index (χ2v) is 5.06. The van der Waals surface area contributed by atoms with E-state index in [2.05, 4.69) is 35.6 Å². The lowest BCUT2D eigenvalue weighted by Crippen LogP contribution is -2.14. The number of rotatable bonds is 4. The van der Waals surface area contributed by atoms with E-state index in [4.69, 9.17) is 5.84 Å². The molecule has 0 bridgehead atoms. The van der Waals surface area contributed by atoms with Gasteiger partial charge < -0.3 is 0 Å². The molecule has 21 heavy (non-hydrogen) atoms. The van der Waals surface area contributed by atoms with E-state index in [-0.39, 0.29) is 5.95 Å². The molecule has 0 saturated carbocycles. The van der Waals surface area contributed by atoms with E-state index in [1.807, 2.05) is 20.0 Å². The largest absolute Gasteiger partial charge is 0.292 e. The molecule has 0 atom stereocenters. The second kappa shape index (κ2) is 5.46. The number of hydrogen-bond acceptors (Lipinski definition) is 9. The minimum atomic E-state index is 0.247. The summed E-state index contributed by atoms with van der Waals surface area (Å²) in [6.07, 6.45) is 2.90. The molecule has 0 aliphatic carbocycles. The first-order valence-electron chi connectivity index (χ1n) is 5.92. The zero-order valence-electron chi connectivity index (χ0n) is 11.3. The van der Waals surface area contributed by atoms with Gasteiger partial charge in [-0.2, -0.15) is 29.8 Å². The summed E-state index contributed by atoms with van der Waals surface area (Å²) in [5.74, 6) is 5.97. The van der Waals surface area contributed by atoms with E-state index in [9.17, 15) is 0 Å². The third-order valence-corrected chi connectivity index (χ3v) is 3.47. The fraction of sp³-hybridized carbons (Fsp3) is 0.200. The van der Waals surface area contributed by atoms with Gasteiger partial charge in [0, 0.05) is 7.05 Å². The molecule has 0 unspecified atom stereocenters. The molecule has 0 aliphatic heterocycles. The average molecular weight is 304 g/mol. The summed E-state index contributed by atoms with van der Waals surface area (Å²) in [6.45, 7) is 1.92. The maximum Gasteiger partial charge on any atom is 0.257 e. The molecular weight excluding hydrogens is 292 g/mol. The van der Waals surface area contributed by atoms with Crippen LogP contribution in [0.3, 0.4) is 0 Å². The van der Waals surface area contributed by atoms with Crippen LogP contribution >= 0.6 is 11.8 Å². The number of anilines is 1. The highest BCUT2D eigenvalue weighted by Crippen LogP contribution is 2.25. The first-order chi connectivity index (χ1) is 10.2. The smallest absolute Gasteiger partial charge is 0.257 e. The van der Waals surface area contributed by atoms with Gasteiger partial charge in [-0.25, -0.2) is 10.8 Å². The van der Waals surface area contributed by atoms with Gasteiger partial charge in [-0.3, -0.25) is 10.1 Å². The van der Waals surface area contributed by atoms with E-state index < -0.39 is 0 Å². The summed E-state index contributed by atoms with van der Waals surface area (Å²) in [5, 5.41) is 9.65. The molecule has 108 valence electrons. The van der Waals surface area contributed by atoms with Crippen LogP contribution in [0.25, 0.3) is 5.95 Å². The highest BCUT2D eigenvalue weighted by Gasteiger charge is 2.12. The lowest BCUT2D eigenvalue weighted by molar-refractivity contribution is 0.689. The van der Waals surface area contributed by atoms with Crippen molar-refractivity contribution in [2.75, 3.05) is 5.43 Å². The van der Waals surface area contributed by atoms with Crippen molar-refractivity contribution in [3.05, 3.63) is 24.4 Å². The molecule has 0 spiro atoms. The first-order valence-corrected chi connectivity index (χ1v) is 6.73. The quantitative estimate of drug-likeness (QED) is 0.503. The number of nitrogens with zero attached hydrogens (tertiary/aromatic N) is 8. The van der Waals surface area contributed by atoms with Gasteiger partial charge in [0.2, 0.25) is 11.1 Å². The molecule has 0 saturated heterocycles. The molecule has 3 aromatic heterocycles. The summed E-state index contributed by atoms with van der Waals surface area (Å²) in [7, 11) is 1.86. The fourth-order valence-corrected chi connectivity index (χ4v) is 2.49. The molecule has 0 aromatic carbocycles. The van der Waals surface area contributed by atoms with Crippen LogP contribution in [0.1, 0.15) is 5.69 Å². The molecule has 0 amide bonds. The summed E-state index contributed by atoms with van der Waals surface area (Å²) in [4.78, 5) is 16.5. The van der Waals surface area contributed by atoms with E-state index in [0.717, 1.165) is 10.7 Å². The Morgan fingerprint density at radius 2 is 2.14 bits per heavy atom. The number of nitrogens with one attached hydrogen (secondary N) is 1. The van der Waals surface area contributed by atoms with E-state index in [1.165, 1.54) is 29.1 Å². The Labute approximate surface area is 123 Å². The Morgan fingerprint density at radius 3 is 2.76 bits per heavy atom. The number of nitrogens with two attached hydrogens (primary N) is 1. The predicted octanol–water partition coefficient (Wildman–Crippen LogP) is -0.0690. The lowest BCUT2D eigenvalue weighted by Gasteiger charge is -2.05. The molecule has 3 aromatic rings. The van der Waals surface area contributed by atoms with Gasteiger partial charge in [0.1, 0.15) is 17.7 Å². The summed E-state index contributed by atoms with van der Waals surface area (Å²) >= 11 is 1.36. The van der Waals surface area contributed by atoms with Crippen molar-refractivity contribution in [3.8, 4) is 5.95 Å². The minimum absolute atomic E-state index is 0.247. The molecule has 3 rings (SSSR count). The highest BCUT2D eigenvalue weighted by atomic mass is 32.2. The van der Waals surface area contributed by atoms with Crippen LogP contribution in [-0.4, -0.2) is 39.5 Å². The molecular formula is C10H12N10S. The lowest BCUT2D eigenvalue weighted by atomic mass is 10.5. The van der Waals surface area contributed by atoms with Crippen LogP contribution in [0.4, 0.5) is 5.95 Å². The van der Waals surface area contributed by atoms with E-state index in [1.54, 1.807) is 4.68 Å². The second-order valence-electron chi connectivity index (χ2n) is 4.08. The molecule has 10 nitrogen and oxygen atoms in total.